The molecule has 0 aliphatic heterocycles. The van der Waals surface area contributed by atoms with Gasteiger partial charge in [0, 0.05) is 19.1 Å². The lowest BCUT2D eigenvalue weighted by Gasteiger charge is -2.27. The molecule has 0 saturated heterocycles. The fraction of sp³-hybridized carbons (Fsp3) is 0.923. The minimum Gasteiger partial charge on any atom is -0.346 e. The van der Waals surface area contributed by atoms with Crippen molar-refractivity contribution >= 4 is 5.78 Å². The molecule has 1 aliphatic rings. The summed E-state index contributed by atoms with van der Waals surface area (Å²) >= 11 is 0. The van der Waals surface area contributed by atoms with Gasteiger partial charge in [0.1, 0.15) is 0 Å². The van der Waals surface area contributed by atoms with Crippen LogP contribution in [-0.4, -0.2) is 25.3 Å². The van der Waals surface area contributed by atoms with Crippen molar-refractivity contribution in [3.8, 4) is 0 Å². The Hall–Kier alpha value is -0.410. The quantitative estimate of drug-likeness (QED) is 0.656. The Morgan fingerprint density at radius 1 is 1.12 bits per heavy atom. The number of hydrogen-bond acceptors (Lipinski definition) is 3. The molecule has 16 heavy (non-hydrogen) atoms. The van der Waals surface area contributed by atoms with E-state index in [4.69, 9.17) is 9.47 Å². The molecule has 94 valence electrons. The number of ether oxygens (including phenoxy) is 2. The lowest BCUT2D eigenvalue weighted by Crippen LogP contribution is -2.35. The second-order valence-electron chi connectivity index (χ2n) is 4.60. The number of Topliss-reactive ketones (excluding diaryl/α,β-unsaturated/α-hetero) is 1. The first kappa shape index (κ1) is 13.7. The second kappa shape index (κ2) is 7.02. The van der Waals surface area contributed by atoms with Crippen LogP contribution in [0, 0.1) is 11.8 Å². The van der Waals surface area contributed by atoms with Gasteiger partial charge in [-0.25, -0.2) is 0 Å². The zero-order chi connectivity index (χ0) is 12.0. The van der Waals surface area contributed by atoms with E-state index in [2.05, 4.69) is 6.92 Å². The molecule has 0 amide bonds. The third kappa shape index (κ3) is 3.87. The monoisotopic (exact) mass is 228 g/mol. The zero-order valence-corrected chi connectivity index (χ0v) is 10.7. The molecule has 1 fully saturated rings. The number of carbonyl (C=O) groups is 1. The topological polar surface area (TPSA) is 35.5 Å². The largest absolute Gasteiger partial charge is 0.346 e. The number of carbonyl (C=O) groups excluding carboxylic acids is 1. The molecule has 3 heteroatoms. The van der Waals surface area contributed by atoms with E-state index in [1.165, 1.54) is 0 Å². The van der Waals surface area contributed by atoms with Crippen molar-refractivity contribution in [3.63, 3.8) is 0 Å². The molecular formula is C13H24O3. The predicted molar refractivity (Wildman–Crippen MR) is 63.2 cm³/mol. The van der Waals surface area contributed by atoms with Crippen molar-refractivity contribution in [1.29, 1.82) is 0 Å². The summed E-state index contributed by atoms with van der Waals surface area (Å²) in [6.07, 6.45) is 3.67. The Kier molecular flexibility index (Phi) is 5.99. The van der Waals surface area contributed by atoms with Gasteiger partial charge in [0.25, 0.3) is 0 Å². The number of hydrogen-bond donors (Lipinski definition) is 0. The highest BCUT2D eigenvalue weighted by atomic mass is 16.7. The molecule has 1 saturated carbocycles. The van der Waals surface area contributed by atoms with Crippen molar-refractivity contribution in [2.24, 2.45) is 11.8 Å². The van der Waals surface area contributed by atoms with Crippen molar-refractivity contribution in [1.82, 2.24) is 0 Å². The van der Waals surface area contributed by atoms with E-state index in [-0.39, 0.29) is 11.7 Å². The van der Waals surface area contributed by atoms with Crippen LogP contribution in [0.3, 0.4) is 0 Å². The van der Waals surface area contributed by atoms with Gasteiger partial charge in [-0.15, -0.1) is 0 Å². The van der Waals surface area contributed by atoms with Crippen LogP contribution in [0.2, 0.25) is 0 Å². The molecule has 3 nitrogen and oxygen atoms in total. The number of rotatable bonds is 6. The normalized spacial score (nSPS) is 26.0. The van der Waals surface area contributed by atoms with E-state index < -0.39 is 6.29 Å². The van der Waals surface area contributed by atoms with Crippen LogP contribution in [0.4, 0.5) is 0 Å². The summed E-state index contributed by atoms with van der Waals surface area (Å²) in [5.74, 6) is 1.07. The Balaban J connectivity index is 2.46. The third-order valence-corrected chi connectivity index (χ3v) is 3.29. The SMILES string of the molecule is CCOC(OCC)C(=O)C1CCC(C)CC1. The molecule has 0 heterocycles. The molecular weight excluding hydrogens is 204 g/mol. The first-order chi connectivity index (χ1) is 7.69. The molecule has 0 atom stereocenters. The number of ketones is 1. The van der Waals surface area contributed by atoms with Crippen LogP contribution < -0.4 is 0 Å². The third-order valence-electron chi connectivity index (χ3n) is 3.29. The summed E-state index contributed by atoms with van der Waals surface area (Å²) in [6.45, 7) is 7.09. The molecule has 0 radical (unpaired) electrons. The molecule has 0 bridgehead atoms. The molecule has 0 N–H and O–H groups in total. The Morgan fingerprint density at radius 2 is 1.62 bits per heavy atom. The second-order valence-corrected chi connectivity index (χ2v) is 4.60. The van der Waals surface area contributed by atoms with Crippen LogP contribution in [0.1, 0.15) is 46.5 Å². The molecule has 0 unspecified atom stereocenters. The van der Waals surface area contributed by atoms with Gasteiger partial charge in [-0.1, -0.05) is 19.8 Å². The summed E-state index contributed by atoms with van der Waals surface area (Å²) in [5, 5.41) is 0. The summed E-state index contributed by atoms with van der Waals surface area (Å²) < 4.78 is 10.7. The van der Waals surface area contributed by atoms with Crippen LogP contribution >= 0.6 is 0 Å². The van der Waals surface area contributed by atoms with Crippen LogP contribution in [0.25, 0.3) is 0 Å². The van der Waals surface area contributed by atoms with Crippen molar-refractivity contribution < 1.29 is 14.3 Å². The van der Waals surface area contributed by atoms with Gasteiger partial charge in [0.2, 0.25) is 6.29 Å². The minimum atomic E-state index is -0.631. The lowest BCUT2D eigenvalue weighted by atomic mass is 9.81. The predicted octanol–water partition coefficient (Wildman–Crippen LogP) is 2.78. The fourth-order valence-corrected chi connectivity index (χ4v) is 2.25. The summed E-state index contributed by atoms with van der Waals surface area (Å²) in [5.41, 5.74) is 0. The Bertz CT molecular complexity index is 201. The average molecular weight is 228 g/mol. The molecule has 1 rings (SSSR count). The Morgan fingerprint density at radius 3 is 2.06 bits per heavy atom. The fourth-order valence-electron chi connectivity index (χ4n) is 2.25. The first-order valence-corrected chi connectivity index (χ1v) is 6.45. The van der Waals surface area contributed by atoms with E-state index in [1.54, 1.807) is 0 Å². The lowest BCUT2D eigenvalue weighted by molar-refractivity contribution is -0.173. The van der Waals surface area contributed by atoms with E-state index in [0.29, 0.717) is 13.2 Å². The highest BCUT2D eigenvalue weighted by Gasteiger charge is 2.30. The minimum absolute atomic E-state index is 0.149. The van der Waals surface area contributed by atoms with Crippen molar-refractivity contribution in [3.05, 3.63) is 0 Å². The van der Waals surface area contributed by atoms with E-state index in [9.17, 15) is 4.79 Å². The maximum absolute atomic E-state index is 12.1. The van der Waals surface area contributed by atoms with Gasteiger partial charge >= 0.3 is 0 Å². The van der Waals surface area contributed by atoms with Gasteiger partial charge in [-0.05, 0) is 32.6 Å². The highest BCUT2D eigenvalue weighted by molar-refractivity contribution is 5.84. The van der Waals surface area contributed by atoms with E-state index >= 15 is 0 Å². The van der Waals surface area contributed by atoms with Crippen LogP contribution in [-0.2, 0) is 14.3 Å². The molecule has 0 aromatic rings. The maximum Gasteiger partial charge on any atom is 0.218 e. The van der Waals surface area contributed by atoms with Crippen molar-refractivity contribution in [2.75, 3.05) is 13.2 Å². The molecule has 0 spiro atoms. The van der Waals surface area contributed by atoms with Crippen LogP contribution in [0.15, 0.2) is 0 Å². The van der Waals surface area contributed by atoms with Crippen molar-refractivity contribution in [2.45, 2.75) is 52.7 Å². The molecule has 0 aromatic heterocycles. The summed E-state index contributed by atoms with van der Waals surface area (Å²) in [6, 6.07) is 0. The standard InChI is InChI=1S/C13H24O3/c1-4-15-13(16-5-2)12(14)11-8-6-10(3)7-9-11/h10-11,13H,4-9H2,1-3H3. The summed E-state index contributed by atoms with van der Waals surface area (Å²) in [4.78, 5) is 12.1. The van der Waals surface area contributed by atoms with Crippen LogP contribution in [0.5, 0.6) is 0 Å². The van der Waals surface area contributed by atoms with Gasteiger partial charge in [0.05, 0.1) is 0 Å². The van der Waals surface area contributed by atoms with Gasteiger partial charge in [-0.2, -0.15) is 0 Å². The van der Waals surface area contributed by atoms with E-state index in [0.717, 1.165) is 31.6 Å². The maximum atomic E-state index is 12.1. The smallest absolute Gasteiger partial charge is 0.218 e. The zero-order valence-electron chi connectivity index (χ0n) is 10.7. The molecule has 1 aliphatic carbocycles. The highest BCUT2D eigenvalue weighted by Crippen LogP contribution is 2.30. The molecule has 0 aromatic carbocycles. The van der Waals surface area contributed by atoms with Gasteiger partial charge < -0.3 is 9.47 Å². The summed E-state index contributed by atoms with van der Waals surface area (Å²) in [7, 11) is 0. The first-order valence-electron chi connectivity index (χ1n) is 6.45. The average Bonchev–Trinajstić information content (AvgIpc) is 2.29. The van der Waals surface area contributed by atoms with E-state index in [1.807, 2.05) is 13.8 Å². The van der Waals surface area contributed by atoms with Gasteiger partial charge in [-0.3, -0.25) is 4.79 Å². The Labute approximate surface area is 98.5 Å². The van der Waals surface area contributed by atoms with Gasteiger partial charge in [0.15, 0.2) is 5.78 Å².